The maximum atomic E-state index is 12.3. The molecule has 150 valence electrons. The lowest BCUT2D eigenvalue weighted by atomic mass is 10.1. The van der Waals surface area contributed by atoms with E-state index in [1.165, 1.54) is 19.2 Å². The Morgan fingerprint density at radius 2 is 1.89 bits per heavy atom. The Hall–Kier alpha value is -2.98. The number of ether oxygens (including phenoxy) is 1. The second-order valence-electron chi connectivity index (χ2n) is 6.11. The molecule has 28 heavy (non-hydrogen) atoms. The summed E-state index contributed by atoms with van der Waals surface area (Å²) in [5.41, 5.74) is 2.17. The number of nitrogens with zero attached hydrogens (tertiary/aromatic N) is 1. The number of benzene rings is 2. The Bertz CT molecular complexity index is 1000. The van der Waals surface area contributed by atoms with E-state index in [0.717, 1.165) is 17.2 Å². The van der Waals surface area contributed by atoms with Crippen molar-refractivity contribution in [2.24, 2.45) is 0 Å². The minimum atomic E-state index is -4.01. The molecule has 2 aromatic carbocycles. The van der Waals surface area contributed by atoms with Crippen LogP contribution in [0.3, 0.4) is 0 Å². The number of sulfonamides is 1. The molecular formula is C18H21N3O6S. The first-order valence-corrected chi connectivity index (χ1v) is 9.81. The molecule has 2 rings (SSSR count). The maximum Gasteiger partial charge on any atom is 0.312 e. The predicted octanol–water partition coefficient (Wildman–Crippen LogP) is 2.53. The van der Waals surface area contributed by atoms with Gasteiger partial charge in [-0.3, -0.25) is 14.9 Å². The van der Waals surface area contributed by atoms with Crippen LogP contribution in [-0.4, -0.2) is 32.9 Å². The van der Waals surface area contributed by atoms with E-state index in [1.807, 2.05) is 26.0 Å². The van der Waals surface area contributed by atoms with E-state index < -0.39 is 20.6 Å². The molecule has 0 saturated heterocycles. The number of aryl methyl sites for hydroxylation is 2. The first-order chi connectivity index (χ1) is 13.1. The van der Waals surface area contributed by atoms with Crippen molar-refractivity contribution < 1.29 is 22.9 Å². The molecule has 0 aliphatic heterocycles. The number of nitrogens with one attached hydrogen (secondary N) is 2. The van der Waals surface area contributed by atoms with Crippen LogP contribution in [-0.2, 0) is 14.8 Å². The smallest absolute Gasteiger partial charge is 0.312 e. The molecule has 2 N–H and O–H groups in total. The molecule has 0 heterocycles. The molecule has 1 amide bonds. The highest BCUT2D eigenvalue weighted by atomic mass is 32.2. The van der Waals surface area contributed by atoms with Crippen LogP contribution < -0.4 is 14.8 Å². The van der Waals surface area contributed by atoms with E-state index in [-0.39, 0.29) is 29.5 Å². The second-order valence-corrected chi connectivity index (χ2v) is 7.87. The minimum Gasteiger partial charge on any atom is -0.490 e. The summed E-state index contributed by atoms with van der Waals surface area (Å²) in [7, 11) is -2.76. The van der Waals surface area contributed by atoms with E-state index in [0.29, 0.717) is 5.69 Å². The summed E-state index contributed by atoms with van der Waals surface area (Å²) in [5, 5.41) is 13.8. The van der Waals surface area contributed by atoms with Crippen LogP contribution in [0.4, 0.5) is 11.4 Å². The van der Waals surface area contributed by atoms with Gasteiger partial charge in [-0.1, -0.05) is 17.7 Å². The number of nitro benzene ring substituents is 1. The van der Waals surface area contributed by atoms with Crippen molar-refractivity contribution in [3.8, 4) is 5.75 Å². The lowest BCUT2D eigenvalue weighted by molar-refractivity contribution is -0.386. The summed E-state index contributed by atoms with van der Waals surface area (Å²) >= 11 is 0. The van der Waals surface area contributed by atoms with Crippen LogP contribution in [0.25, 0.3) is 0 Å². The van der Waals surface area contributed by atoms with Crippen molar-refractivity contribution in [2.45, 2.75) is 25.2 Å². The lowest BCUT2D eigenvalue weighted by Gasteiger charge is -2.10. The summed E-state index contributed by atoms with van der Waals surface area (Å²) in [4.78, 5) is 22.1. The van der Waals surface area contributed by atoms with Crippen LogP contribution in [0.2, 0.25) is 0 Å². The fraction of sp³-hybridized carbons (Fsp3) is 0.278. The third-order valence-corrected chi connectivity index (χ3v) is 5.42. The Morgan fingerprint density at radius 1 is 1.18 bits per heavy atom. The highest BCUT2D eigenvalue weighted by molar-refractivity contribution is 7.89. The molecule has 2 aromatic rings. The topological polar surface area (TPSA) is 128 Å². The third kappa shape index (κ3) is 5.27. The van der Waals surface area contributed by atoms with Crippen LogP contribution in [0.15, 0.2) is 41.3 Å². The molecule has 0 atom stereocenters. The summed E-state index contributed by atoms with van der Waals surface area (Å²) in [6, 6.07) is 8.89. The fourth-order valence-electron chi connectivity index (χ4n) is 2.53. The number of hydrogen-bond donors (Lipinski definition) is 2. The number of anilines is 1. The highest BCUT2D eigenvalue weighted by Gasteiger charge is 2.22. The number of nitro groups is 1. The molecule has 10 heteroatoms. The number of methoxy groups -OCH3 is 1. The highest BCUT2D eigenvalue weighted by Crippen LogP contribution is 2.29. The lowest BCUT2D eigenvalue weighted by Crippen LogP contribution is -2.28. The van der Waals surface area contributed by atoms with Crippen molar-refractivity contribution in [3.63, 3.8) is 0 Å². The van der Waals surface area contributed by atoms with Gasteiger partial charge >= 0.3 is 5.69 Å². The van der Waals surface area contributed by atoms with E-state index in [4.69, 9.17) is 4.74 Å². The molecule has 0 unspecified atom stereocenters. The summed E-state index contributed by atoms with van der Waals surface area (Å²) in [6.07, 6.45) is -0.0925. The number of rotatable bonds is 8. The van der Waals surface area contributed by atoms with Gasteiger partial charge in [0, 0.05) is 24.7 Å². The van der Waals surface area contributed by atoms with Crippen molar-refractivity contribution in [1.82, 2.24) is 4.72 Å². The summed E-state index contributed by atoms with van der Waals surface area (Å²) in [5.74, 6) is -0.396. The van der Waals surface area contributed by atoms with Crippen molar-refractivity contribution >= 4 is 27.3 Å². The molecule has 0 saturated carbocycles. The van der Waals surface area contributed by atoms with Gasteiger partial charge in [0.25, 0.3) is 0 Å². The van der Waals surface area contributed by atoms with Crippen LogP contribution >= 0.6 is 0 Å². The zero-order valence-electron chi connectivity index (χ0n) is 15.7. The van der Waals surface area contributed by atoms with Crippen LogP contribution in [0.5, 0.6) is 5.75 Å². The van der Waals surface area contributed by atoms with Gasteiger partial charge in [-0.2, -0.15) is 0 Å². The van der Waals surface area contributed by atoms with Crippen LogP contribution in [0, 0.1) is 24.0 Å². The first-order valence-electron chi connectivity index (χ1n) is 8.33. The Balaban J connectivity index is 2.00. The van der Waals surface area contributed by atoms with E-state index in [1.54, 1.807) is 6.07 Å². The fourth-order valence-corrected chi connectivity index (χ4v) is 3.58. The molecule has 0 radical (unpaired) electrons. The van der Waals surface area contributed by atoms with E-state index in [2.05, 4.69) is 10.0 Å². The standard InChI is InChI=1S/C18H21N3O6S/c1-12-4-6-15(13(2)10-12)20-18(22)8-9-19-28(25,26)14-5-7-17(27-3)16(11-14)21(23)24/h4-7,10-11,19H,8-9H2,1-3H3,(H,20,22). The number of carbonyl (C=O) groups is 1. The van der Waals surface area contributed by atoms with Gasteiger partial charge in [-0.25, -0.2) is 13.1 Å². The summed E-state index contributed by atoms with van der Waals surface area (Å²) < 4.78 is 31.8. The van der Waals surface area contributed by atoms with Gasteiger partial charge in [0.2, 0.25) is 15.9 Å². The molecule has 0 spiro atoms. The second kappa shape index (κ2) is 8.81. The monoisotopic (exact) mass is 407 g/mol. The quantitative estimate of drug-likeness (QED) is 0.511. The predicted molar refractivity (Wildman–Crippen MR) is 104 cm³/mol. The largest absolute Gasteiger partial charge is 0.490 e. The molecule has 0 bridgehead atoms. The Morgan fingerprint density at radius 3 is 2.50 bits per heavy atom. The summed E-state index contributed by atoms with van der Waals surface area (Å²) in [6.45, 7) is 3.65. The van der Waals surface area contributed by atoms with Gasteiger partial charge in [-0.05, 0) is 37.6 Å². The van der Waals surface area contributed by atoms with E-state index in [9.17, 15) is 23.3 Å². The van der Waals surface area contributed by atoms with E-state index >= 15 is 0 Å². The molecule has 0 aliphatic carbocycles. The van der Waals surface area contributed by atoms with Crippen molar-refractivity contribution in [2.75, 3.05) is 19.0 Å². The average molecular weight is 407 g/mol. The number of carbonyl (C=O) groups excluding carboxylic acids is 1. The maximum absolute atomic E-state index is 12.3. The van der Waals surface area contributed by atoms with Crippen molar-refractivity contribution in [1.29, 1.82) is 0 Å². The third-order valence-electron chi connectivity index (χ3n) is 3.96. The minimum absolute atomic E-state index is 0.0446. The van der Waals surface area contributed by atoms with Gasteiger partial charge in [0.15, 0.2) is 5.75 Å². The molecule has 0 fully saturated rings. The van der Waals surface area contributed by atoms with Gasteiger partial charge in [0.1, 0.15) is 0 Å². The average Bonchev–Trinajstić information content (AvgIpc) is 2.63. The molecule has 0 aromatic heterocycles. The molecule has 0 aliphatic rings. The molecule has 9 nitrogen and oxygen atoms in total. The van der Waals surface area contributed by atoms with Gasteiger partial charge in [-0.15, -0.1) is 0 Å². The first kappa shape index (κ1) is 21.3. The number of amides is 1. The van der Waals surface area contributed by atoms with Gasteiger partial charge < -0.3 is 10.1 Å². The normalized spacial score (nSPS) is 11.1. The van der Waals surface area contributed by atoms with Crippen LogP contribution in [0.1, 0.15) is 17.5 Å². The van der Waals surface area contributed by atoms with Gasteiger partial charge in [0.05, 0.1) is 16.9 Å². The Kier molecular flexibility index (Phi) is 6.71. The zero-order chi connectivity index (χ0) is 20.9. The molecular weight excluding hydrogens is 386 g/mol. The Labute approximate surface area is 162 Å². The number of hydrogen-bond acceptors (Lipinski definition) is 6. The van der Waals surface area contributed by atoms with Crippen molar-refractivity contribution in [3.05, 3.63) is 57.6 Å². The zero-order valence-corrected chi connectivity index (χ0v) is 16.5. The SMILES string of the molecule is COc1ccc(S(=O)(=O)NCCC(=O)Nc2ccc(C)cc2C)cc1[N+](=O)[O-].